The first-order valence-corrected chi connectivity index (χ1v) is 8.81. The highest BCUT2D eigenvalue weighted by Crippen LogP contribution is 2.33. The quantitative estimate of drug-likeness (QED) is 0.808. The van der Waals surface area contributed by atoms with Crippen LogP contribution < -0.4 is 9.64 Å². The van der Waals surface area contributed by atoms with Crippen LogP contribution in [0.2, 0.25) is 5.02 Å². The summed E-state index contributed by atoms with van der Waals surface area (Å²) in [6, 6.07) is 14.8. The van der Waals surface area contributed by atoms with Crippen LogP contribution in [0.15, 0.2) is 48.5 Å². The molecule has 1 aliphatic heterocycles. The summed E-state index contributed by atoms with van der Waals surface area (Å²) >= 11 is 6.18. The van der Waals surface area contributed by atoms with E-state index in [2.05, 4.69) is 0 Å². The monoisotopic (exact) mass is 372 g/mol. The lowest BCUT2D eigenvalue weighted by atomic mass is 10.1. The molecule has 0 aliphatic carbocycles. The van der Waals surface area contributed by atoms with Gasteiger partial charge in [0.05, 0.1) is 18.7 Å². The van der Waals surface area contributed by atoms with Crippen molar-refractivity contribution in [3.63, 3.8) is 0 Å². The molecule has 136 valence electrons. The van der Waals surface area contributed by atoms with E-state index in [1.165, 1.54) is 0 Å². The molecule has 5 nitrogen and oxygen atoms in total. The van der Waals surface area contributed by atoms with Crippen LogP contribution in [0.3, 0.4) is 0 Å². The Bertz CT molecular complexity index is 824. The molecule has 1 aliphatic rings. The number of anilines is 1. The molecule has 6 heteroatoms. The van der Waals surface area contributed by atoms with Crippen LogP contribution in [0, 0.1) is 5.92 Å². The molecule has 3 rings (SSSR count). The Balaban J connectivity index is 1.71. The lowest BCUT2D eigenvalue weighted by molar-refractivity contribution is -0.135. The lowest BCUT2D eigenvalue weighted by Crippen LogP contribution is -2.34. The zero-order valence-corrected chi connectivity index (χ0v) is 15.6. The SMILES string of the molecule is COc1ccccc1N1CC(C(=O)N(C)Cc2ccccc2Cl)CC1=O. The van der Waals surface area contributed by atoms with E-state index in [1.807, 2.05) is 36.4 Å². The Labute approximate surface area is 158 Å². The van der Waals surface area contributed by atoms with Crippen LogP contribution in [-0.4, -0.2) is 37.4 Å². The minimum Gasteiger partial charge on any atom is -0.495 e. The number of nitrogens with zero attached hydrogens (tertiary/aromatic N) is 2. The molecule has 2 aromatic carbocycles. The van der Waals surface area contributed by atoms with Gasteiger partial charge in [0.2, 0.25) is 11.8 Å². The maximum atomic E-state index is 12.8. The molecule has 1 unspecified atom stereocenters. The molecule has 0 radical (unpaired) electrons. The number of halogens is 1. The summed E-state index contributed by atoms with van der Waals surface area (Å²) in [5, 5.41) is 0.630. The standard InChI is InChI=1S/C20H21ClN2O3/c1-22(12-14-7-3-4-8-16(14)21)20(25)15-11-19(24)23(13-15)17-9-5-6-10-18(17)26-2/h3-10,15H,11-13H2,1-2H3. The zero-order valence-electron chi connectivity index (χ0n) is 14.8. The van der Waals surface area contributed by atoms with Crippen LogP contribution in [-0.2, 0) is 16.1 Å². The highest BCUT2D eigenvalue weighted by Gasteiger charge is 2.37. The number of amides is 2. The van der Waals surface area contributed by atoms with Crippen molar-refractivity contribution in [3.05, 3.63) is 59.1 Å². The smallest absolute Gasteiger partial charge is 0.228 e. The third kappa shape index (κ3) is 3.68. The van der Waals surface area contributed by atoms with Gasteiger partial charge in [-0.2, -0.15) is 0 Å². The van der Waals surface area contributed by atoms with Crippen molar-refractivity contribution in [1.29, 1.82) is 0 Å². The molecule has 26 heavy (non-hydrogen) atoms. The van der Waals surface area contributed by atoms with Crippen LogP contribution in [0.1, 0.15) is 12.0 Å². The van der Waals surface area contributed by atoms with Crippen molar-refractivity contribution < 1.29 is 14.3 Å². The van der Waals surface area contributed by atoms with E-state index in [1.54, 1.807) is 36.1 Å². The summed E-state index contributed by atoms with van der Waals surface area (Å²) < 4.78 is 5.34. The molecular weight excluding hydrogens is 352 g/mol. The second-order valence-corrected chi connectivity index (χ2v) is 6.77. The van der Waals surface area contributed by atoms with Gasteiger partial charge in [0.1, 0.15) is 5.75 Å². The number of rotatable bonds is 5. The van der Waals surface area contributed by atoms with Crippen LogP contribution in [0.25, 0.3) is 0 Å². The Morgan fingerprint density at radius 1 is 1.23 bits per heavy atom. The third-order valence-electron chi connectivity index (χ3n) is 4.59. The van der Waals surface area contributed by atoms with E-state index in [4.69, 9.17) is 16.3 Å². The van der Waals surface area contributed by atoms with E-state index in [0.717, 1.165) is 5.56 Å². The Morgan fingerprint density at radius 2 is 1.92 bits per heavy atom. The second-order valence-electron chi connectivity index (χ2n) is 6.36. The van der Waals surface area contributed by atoms with Gasteiger partial charge in [-0.3, -0.25) is 9.59 Å². The zero-order chi connectivity index (χ0) is 18.7. The first-order chi connectivity index (χ1) is 12.5. The summed E-state index contributed by atoms with van der Waals surface area (Å²) in [5.41, 5.74) is 1.58. The Morgan fingerprint density at radius 3 is 2.65 bits per heavy atom. The second kappa shape index (κ2) is 7.79. The highest BCUT2D eigenvalue weighted by molar-refractivity contribution is 6.31. The van der Waals surface area contributed by atoms with Gasteiger partial charge in [-0.25, -0.2) is 0 Å². The molecule has 0 aromatic heterocycles. The highest BCUT2D eigenvalue weighted by atomic mass is 35.5. The summed E-state index contributed by atoms with van der Waals surface area (Å²) in [4.78, 5) is 28.5. The normalized spacial score (nSPS) is 16.7. The van der Waals surface area contributed by atoms with Gasteiger partial charge < -0.3 is 14.5 Å². The average molecular weight is 373 g/mol. The van der Waals surface area contributed by atoms with E-state index in [9.17, 15) is 9.59 Å². The van der Waals surface area contributed by atoms with Crippen molar-refractivity contribution >= 4 is 29.1 Å². The van der Waals surface area contributed by atoms with E-state index < -0.39 is 0 Å². The number of carbonyl (C=O) groups excluding carboxylic acids is 2. The molecule has 0 saturated carbocycles. The number of ether oxygens (including phenoxy) is 1. The fourth-order valence-electron chi connectivity index (χ4n) is 3.23. The molecule has 1 heterocycles. The first kappa shape index (κ1) is 18.3. The third-order valence-corrected chi connectivity index (χ3v) is 4.96. The predicted octanol–water partition coefficient (Wildman–Crippen LogP) is 3.36. The Kier molecular flexibility index (Phi) is 5.47. The number of carbonyl (C=O) groups is 2. The minimum absolute atomic E-state index is 0.0596. The molecule has 0 spiro atoms. The largest absolute Gasteiger partial charge is 0.495 e. The van der Waals surface area contributed by atoms with Crippen molar-refractivity contribution in [1.82, 2.24) is 4.90 Å². The van der Waals surface area contributed by atoms with E-state index in [-0.39, 0.29) is 24.2 Å². The van der Waals surface area contributed by atoms with Gasteiger partial charge in [-0.05, 0) is 23.8 Å². The lowest BCUT2D eigenvalue weighted by Gasteiger charge is -2.22. The number of methoxy groups -OCH3 is 1. The fourth-order valence-corrected chi connectivity index (χ4v) is 3.43. The van der Waals surface area contributed by atoms with E-state index in [0.29, 0.717) is 29.5 Å². The van der Waals surface area contributed by atoms with Gasteiger partial charge in [0.25, 0.3) is 0 Å². The number of benzene rings is 2. The fraction of sp³-hybridized carbons (Fsp3) is 0.300. The van der Waals surface area contributed by atoms with Gasteiger partial charge in [-0.15, -0.1) is 0 Å². The number of hydrogen-bond acceptors (Lipinski definition) is 3. The van der Waals surface area contributed by atoms with Crippen molar-refractivity contribution in [2.24, 2.45) is 5.92 Å². The molecule has 1 saturated heterocycles. The summed E-state index contributed by atoms with van der Waals surface area (Å²) in [7, 11) is 3.31. The summed E-state index contributed by atoms with van der Waals surface area (Å²) in [6.45, 7) is 0.767. The molecule has 2 amide bonds. The Hall–Kier alpha value is -2.53. The van der Waals surface area contributed by atoms with Crippen molar-refractivity contribution in [3.8, 4) is 5.75 Å². The maximum absolute atomic E-state index is 12.8. The molecule has 1 fully saturated rings. The summed E-state index contributed by atoms with van der Waals surface area (Å²) in [6.07, 6.45) is 0.198. The van der Waals surface area contributed by atoms with Crippen molar-refractivity contribution in [2.75, 3.05) is 25.6 Å². The van der Waals surface area contributed by atoms with Crippen LogP contribution in [0.4, 0.5) is 5.69 Å². The minimum atomic E-state index is -0.375. The van der Waals surface area contributed by atoms with Crippen molar-refractivity contribution in [2.45, 2.75) is 13.0 Å². The van der Waals surface area contributed by atoms with Crippen LogP contribution in [0.5, 0.6) is 5.75 Å². The van der Waals surface area contributed by atoms with Crippen LogP contribution >= 0.6 is 11.6 Å². The summed E-state index contributed by atoms with van der Waals surface area (Å²) in [5.74, 6) is 0.118. The molecular formula is C20H21ClN2O3. The predicted molar refractivity (Wildman–Crippen MR) is 101 cm³/mol. The van der Waals surface area contributed by atoms with Gasteiger partial charge in [0, 0.05) is 31.6 Å². The first-order valence-electron chi connectivity index (χ1n) is 8.43. The maximum Gasteiger partial charge on any atom is 0.228 e. The van der Waals surface area contributed by atoms with E-state index >= 15 is 0 Å². The molecule has 2 aromatic rings. The molecule has 0 bridgehead atoms. The topological polar surface area (TPSA) is 49.9 Å². The van der Waals surface area contributed by atoms with Gasteiger partial charge in [0.15, 0.2) is 0 Å². The van der Waals surface area contributed by atoms with Gasteiger partial charge in [-0.1, -0.05) is 41.9 Å². The number of hydrogen-bond donors (Lipinski definition) is 0. The average Bonchev–Trinajstić information content (AvgIpc) is 3.04. The molecule has 0 N–H and O–H groups in total. The number of para-hydroxylation sites is 2. The molecule has 1 atom stereocenters. The van der Waals surface area contributed by atoms with Gasteiger partial charge >= 0.3 is 0 Å².